The third-order valence-corrected chi connectivity index (χ3v) is 4.54. The summed E-state index contributed by atoms with van der Waals surface area (Å²) >= 11 is 0. The van der Waals surface area contributed by atoms with Gasteiger partial charge in [0.1, 0.15) is 12.1 Å². The van der Waals surface area contributed by atoms with Gasteiger partial charge in [0.25, 0.3) is 5.91 Å². The van der Waals surface area contributed by atoms with Crippen molar-refractivity contribution in [3.05, 3.63) is 41.9 Å². The highest BCUT2D eigenvalue weighted by atomic mass is 16.5. The van der Waals surface area contributed by atoms with Gasteiger partial charge in [0.15, 0.2) is 5.65 Å². The fourth-order valence-electron chi connectivity index (χ4n) is 2.88. The summed E-state index contributed by atoms with van der Waals surface area (Å²) in [4.78, 5) is 20.5. The number of hydroxylamine groups is 1. The third-order valence-electron chi connectivity index (χ3n) is 4.54. The average molecular weight is 354 g/mol. The van der Waals surface area contributed by atoms with Crippen LogP contribution in [0.2, 0.25) is 0 Å². The minimum atomic E-state index is -0.839. The Kier molecular flexibility index (Phi) is 4.60. The molecule has 8 heteroatoms. The van der Waals surface area contributed by atoms with Crippen LogP contribution in [0.25, 0.3) is 11.0 Å². The highest BCUT2D eigenvalue weighted by molar-refractivity contribution is 5.91. The summed E-state index contributed by atoms with van der Waals surface area (Å²) in [6.45, 7) is 8.18. The van der Waals surface area contributed by atoms with Gasteiger partial charge in [-0.15, -0.1) is 0 Å². The topological polar surface area (TPSA) is 105 Å². The van der Waals surface area contributed by atoms with E-state index >= 15 is 0 Å². The number of carbonyl (C=O) groups excluding carboxylic acids is 1. The molecule has 8 nitrogen and oxygen atoms in total. The van der Waals surface area contributed by atoms with E-state index in [4.69, 9.17) is 5.21 Å². The lowest BCUT2D eigenvalue weighted by molar-refractivity contribution is -0.134. The summed E-state index contributed by atoms with van der Waals surface area (Å²) < 4.78 is 1.84. The van der Waals surface area contributed by atoms with Gasteiger partial charge in [-0.25, -0.2) is 20.1 Å². The van der Waals surface area contributed by atoms with Crippen LogP contribution >= 0.6 is 0 Å². The molecule has 3 aromatic rings. The molecule has 3 rings (SSSR count). The van der Waals surface area contributed by atoms with Crippen LogP contribution in [0, 0.1) is 6.92 Å². The molecule has 1 aromatic carbocycles. The Morgan fingerprint density at radius 1 is 1.23 bits per heavy atom. The van der Waals surface area contributed by atoms with E-state index in [0.29, 0.717) is 5.82 Å². The normalized spacial score (nSPS) is 11.6. The predicted molar refractivity (Wildman–Crippen MR) is 98.4 cm³/mol. The van der Waals surface area contributed by atoms with Gasteiger partial charge >= 0.3 is 0 Å². The number of nitrogens with one attached hydrogen (secondary N) is 2. The maximum atomic E-state index is 11.8. The molecule has 0 aliphatic carbocycles. The lowest BCUT2D eigenvalue weighted by Crippen LogP contribution is -2.38. The number of benzene rings is 1. The Labute approximate surface area is 151 Å². The predicted octanol–water partition coefficient (Wildman–Crippen LogP) is 2.68. The lowest BCUT2D eigenvalue weighted by atomic mass is 9.84. The molecule has 0 saturated heterocycles. The van der Waals surface area contributed by atoms with Gasteiger partial charge in [-0.1, -0.05) is 12.1 Å². The molecule has 0 atom stereocenters. The molecule has 0 fully saturated rings. The number of aryl methyl sites for hydroxylation is 2. The fourth-order valence-corrected chi connectivity index (χ4v) is 2.88. The first-order valence-corrected chi connectivity index (χ1v) is 8.38. The molecule has 0 bridgehead atoms. The second kappa shape index (κ2) is 6.72. The quantitative estimate of drug-likeness (QED) is 0.481. The summed E-state index contributed by atoms with van der Waals surface area (Å²) in [7, 11) is 0. The van der Waals surface area contributed by atoms with Gasteiger partial charge in [-0.2, -0.15) is 5.10 Å². The van der Waals surface area contributed by atoms with Crippen molar-refractivity contribution in [3.8, 4) is 0 Å². The van der Waals surface area contributed by atoms with Crippen molar-refractivity contribution >= 4 is 28.4 Å². The van der Waals surface area contributed by atoms with E-state index in [2.05, 4.69) is 20.4 Å². The molecule has 0 spiro atoms. The Balaban J connectivity index is 1.92. The summed E-state index contributed by atoms with van der Waals surface area (Å²) in [5, 5.41) is 17.6. The van der Waals surface area contributed by atoms with E-state index in [9.17, 15) is 4.79 Å². The lowest BCUT2D eigenvalue weighted by Gasteiger charge is -2.22. The van der Waals surface area contributed by atoms with Gasteiger partial charge in [-0.3, -0.25) is 10.0 Å². The highest BCUT2D eigenvalue weighted by Gasteiger charge is 2.29. The van der Waals surface area contributed by atoms with Crippen LogP contribution in [0.3, 0.4) is 0 Å². The van der Waals surface area contributed by atoms with Gasteiger partial charge in [0.2, 0.25) is 0 Å². The number of nitrogens with zero attached hydrogens (tertiary/aromatic N) is 4. The first-order valence-electron chi connectivity index (χ1n) is 8.38. The molecule has 3 N–H and O–H groups in total. The largest absolute Gasteiger partial charge is 0.340 e. The Morgan fingerprint density at radius 2 is 1.92 bits per heavy atom. The van der Waals surface area contributed by atoms with E-state index < -0.39 is 11.3 Å². The second-order valence-corrected chi connectivity index (χ2v) is 6.59. The van der Waals surface area contributed by atoms with Gasteiger partial charge in [0.05, 0.1) is 16.5 Å². The van der Waals surface area contributed by atoms with Crippen LogP contribution in [0.5, 0.6) is 0 Å². The maximum Gasteiger partial charge on any atom is 0.253 e. The number of fused-ring (bicyclic) bond motifs is 1. The molecule has 1 amide bonds. The molecule has 2 heterocycles. The molecule has 0 saturated carbocycles. The molecular weight excluding hydrogens is 332 g/mol. The first kappa shape index (κ1) is 17.8. The zero-order valence-electron chi connectivity index (χ0n) is 15.2. The average Bonchev–Trinajstić information content (AvgIpc) is 2.98. The third kappa shape index (κ3) is 2.99. The molecular formula is C18H22N6O2. The van der Waals surface area contributed by atoms with E-state index in [1.165, 1.54) is 6.33 Å². The monoisotopic (exact) mass is 354 g/mol. The standard InChI is InChI=1S/C18H22N6O2/c1-5-24-16-14(11(2)22-24)15(19-10-20-16)21-13-8-6-12(7-9-13)18(3,4)17(25)23-26/h6-10,26H,5H2,1-4H3,(H,23,25)(H,19,20,21). The number of hydrogen-bond acceptors (Lipinski definition) is 6. The number of rotatable bonds is 5. The van der Waals surface area contributed by atoms with Crippen LogP contribution in [0.1, 0.15) is 32.0 Å². The SMILES string of the molecule is CCn1nc(C)c2c(Nc3ccc(C(C)(C)C(=O)NO)cc3)ncnc21. The number of anilines is 2. The van der Waals surface area contributed by atoms with E-state index in [-0.39, 0.29) is 0 Å². The summed E-state index contributed by atoms with van der Waals surface area (Å²) in [6.07, 6.45) is 1.51. The minimum absolute atomic E-state index is 0.460. The molecule has 2 aromatic heterocycles. The van der Waals surface area contributed by atoms with Crippen LogP contribution < -0.4 is 10.8 Å². The first-order chi connectivity index (χ1) is 12.4. The number of hydrogen-bond donors (Lipinski definition) is 3. The van der Waals surface area contributed by atoms with Crippen molar-refractivity contribution in [2.24, 2.45) is 0 Å². The van der Waals surface area contributed by atoms with Gasteiger partial charge < -0.3 is 5.32 Å². The van der Waals surface area contributed by atoms with Gasteiger partial charge in [-0.05, 0) is 45.4 Å². The Morgan fingerprint density at radius 3 is 2.54 bits per heavy atom. The fraction of sp³-hybridized carbons (Fsp3) is 0.333. The van der Waals surface area contributed by atoms with Crippen molar-refractivity contribution in [1.82, 2.24) is 25.2 Å². The minimum Gasteiger partial charge on any atom is -0.340 e. The van der Waals surface area contributed by atoms with Crippen molar-refractivity contribution in [2.75, 3.05) is 5.32 Å². The van der Waals surface area contributed by atoms with Crippen LogP contribution in [0.15, 0.2) is 30.6 Å². The molecule has 136 valence electrons. The number of amides is 1. The van der Waals surface area contributed by atoms with Crippen molar-refractivity contribution in [1.29, 1.82) is 0 Å². The molecule has 0 radical (unpaired) electrons. The van der Waals surface area contributed by atoms with Crippen molar-refractivity contribution in [3.63, 3.8) is 0 Å². The summed E-state index contributed by atoms with van der Waals surface area (Å²) in [5.74, 6) is 0.227. The van der Waals surface area contributed by atoms with Gasteiger partial charge in [0, 0.05) is 12.2 Å². The Hall–Kier alpha value is -3.00. The smallest absolute Gasteiger partial charge is 0.253 e. The summed E-state index contributed by atoms with van der Waals surface area (Å²) in [5.41, 5.74) is 4.15. The van der Waals surface area contributed by atoms with E-state index in [1.807, 2.05) is 42.8 Å². The molecule has 0 aliphatic rings. The van der Waals surface area contributed by atoms with E-state index in [1.54, 1.807) is 19.3 Å². The maximum absolute atomic E-state index is 11.8. The second-order valence-electron chi connectivity index (χ2n) is 6.59. The van der Waals surface area contributed by atoms with E-state index in [0.717, 1.165) is 34.5 Å². The number of aromatic nitrogens is 4. The van der Waals surface area contributed by atoms with Crippen LogP contribution in [0.4, 0.5) is 11.5 Å². The van der Waals surface area contributed by atoms with Crippen LogP contribution in [-0.2, 0) is 16.8 Å². The molecule has 26 heavy (non-hydrogen) atoms. The summed E-state index contributed by atoms with van der Waals surface area (Å²) in [6, 6.07) is 7.43. The zero-order chi connectivity index (χ0) is 18.9. The molecule has 0 aliphatic heterocycles. The molecule has 0 unspecified atom stereocenters. The highest BCUT2D eigenvalue weighted by Crippen LogP contribution is 2.28. The van der Waals surface area contributed by atoms with Crippen molar-refractivity contribution in [2.45, 2.75) is 39.7 Å². The number of carbonyl (C=O) groups is 1. The van der Waals surface area contributed by atoms with Crippen LogP contribution in [-0.4, -0.2) is 30.9 Å². The van der Waals surface area contributed by atoms with Crippen molar-refractivity contribution < 1.29 is 10.0 Å². The zero-order valence-corrected chi connectivity index (χ0v) is 15.2. The Bertz CT molecular complexity index is 946.